The largest absolute Gasteiger partial charge is 0.493 e. The lowest BCUT2D eigenvalue weighted by Crippen LogP contribution is -1.99. The highest BCUT2D eigenvalue weighted by Gasteiger charge is 2.14. The van der Waals surface area contributed by atoms with Crippen LogP contribution in [0, 0.1) is 0 Å². The monoisotopic (exact) mass is 295 g/mol. The number of benzene rings is 2. The number of hydrogen-bond donors (Lipinski definition) is 2. The highest BCUT2D eigenvalue weighted by Crippen LogP contribution is 2.38. The summed E-state index contributed by atoms with van der Waals surface area (Å²) in [5, 5.41) is 6.87. The van der Waals surface area contributed by atoms with E-state index < -0.39 is 0 Å². The molecule has 2 aromatic carbocycles. The van der Waals surface area contributed by atoms with E-state index in [1.54, 1.807) is 13.2 Å². The molecule has 0 aliphatic heterocycles. The van der Waals surface area contributed by atoms with E-state index in [0.29, 0.717) is 23.9 Å². The fraction of sp³-hybridized carbons (Fsp3) is 0.118. The summed E-state index contributed by atoms with van der Waals surface area (Å²) < 4.78 is 11.4. The quantitative estimate of drug-likeness (QED) is 0.758. The van der Waals surface area contributed by atoms with Crippen molar-refractivity contribution in [2.24, 2.45) is 0 Å². The highest BCUT2D eigenvalue weighted by atomic mass is 16.5. The number of anilines is 1. The molecule has 0 unspecified atom stereocenters. The van der Waals surface area contributed by atoms with Crippen molar-refractivity contribution in [1.82, 2.24) is 10.2 Å². The predicted octanol–water partition coefficient (Wildman–Crippen LogP) is 3.25. The number of nitrogen functional groups attached to an aromatic ring is 1. The number of nitrogens with one attached hydrogen (secondary N) is 1. The summed E-state index contributed by atoms with van der Waals surface area (Å²) in [4.78, 5) is 0. The average Bonchev–Trinajstić information content (AvgIpc) is 3.00. The van der Waals surface area contributed by atoms with Gasteiger partial charge >= 0.3 is 0 Å². The van der Waals surface area contributed by atoms with Gasteiger partial charge < -0.3 is 15.2 Å². The average molecular weight is 295 g/mol. The van der Waals surface area contributed by atoms with E-state index in [4.69, 9.17) is 15.2 Å². The van der Waals surface area contributed by atoms with Crippen molar-refractivity contribution in [3.63, 3.8) is 0 Å². The third-order valence-electron chi connectivity index (χ3n) is 3.31. The van der Waals surface area contributed by atoms with Gasteiger partial charge in [0.2, 0.25) is 0 Å². The number of hydrogen-bond acceptors (Lipinski definition) is 4. The Balaban J connectivity index is 1.94. The molecule has 5 nitrogen and oxygen atoms in total. The molecule has 22 heavy (non-hydrogen) atoms. The van der Waals surface area contributed by atoms with Crippen molar-refractivity contribution in [3.8, 4) is 22.8 Å². The SMILES string of the molecule is COc1cccc(-c2cc(N)n[nH]2)c1OCc1ccccc1. The molecule has 1 heterocycles. The minimum atomic E-state index is 0.437. The summed E-state index contributed by atoms with van der Waals surface area (Å²) in [5.74, 6) is 1.77. The molecule has 0 bridgehead atoms. The number of aromatic amines is 1. The normalized spacial score (nSPS) is 10.4. The fourth-order valence-corrected chi connectivity index (χ4v) is 2.24. The zero-order valence-corrected chi connectivity index (χ0v) is 12.2. The number of methoxy groups -OCH3 is 1. The van der Waals surface area contributed by atoms with E-state index in [0.717, 1.165) is 16.8 Å². The smallest absolute Gasteiger partial charge is 0.171 e. The molecule has 0 saturated carbocycles. The summed E-state index contributed by atoms with van der Waals surface area (Å²) in [6.07, 6.45) is 0. The van der Waals surface area contributed by atoms with Crippen molar-refractivity contribution in [1.29, 1.82) is 0 Å². The van der Waals surface area contributed by atoms with Gasteiger partial charge in [-0.15, -0.1) is 0 Å². The zero-order chi connectivity index (χ0) is 15.4. The van der Waals surface area contributed by atoms with E-state index in [1.807, 2.05) is 48.5 Å². The molecule has 3 aromatic rings. The summed E-state index contributed by atoms with van der Waals surface area (Å²) in [5.41, 5.74) is 8.43. The Morgan fingerprint density at radius 1 is 1.09 bits per heavy atom. The van der Waals surface area contributed by atoms with Gasteiger partial charge in [0.1, 0.15) is 12.4 Å². The van der Waals surface area contributed by atoms with Crippen LogP contribution in [-0.4, -0.2) is 17.3 Å². The van der Waals surface area contributed by atoms with Gasteiger partial charge in [-0.2, -0.15) is 5.10 Å². The van der Waals surface area contributed by atoms with Crippen molar-refractivity contribution < 1.29 is 9.47 Å². The van der Waals surface area contributed by atoms with Crippen LogP contribution in [0.2, 0.25) is 0 Å². The Labute approximate surface area is 128 Å². The molecular formula is C17H17N3O2. The lowest BCUT2D eigenvalue weighted by molar-refractivity contribution is 0.286. The van der Waals surface area contributed by atoms with Gasteiger partial charge in [-0.1, -0.05) is 36.4 Å². The van der Waals surface area contributed by atoms with Crippen LogP contribution in [0.1, 0.15) is 5.56 Å². The number of para-hydroxylation sites is 1. The summed E-state index contributed by atoms with van der Waals surface area (Å²) in [6.45, 7) is 0.456. The zero-order valence-electron chi connectivity index (χ0n) is 12.2. The summed E-state index contributed by atoms with van der Waals surface area (Å²) >= 11 is 0. The third-order valence-corrected chi connectivity index (χ3v) is 3.31. The molecule has 5 heteroatoms. The van der Waals surface area contributed by atoms with Gasteiger partial charge in [-0.3, -0.25) is 5.10 Å². The molecule has 0 spiro atoms. The van der Waals surface area contributed by atoms with Crippen LogP contribution in [0.4, 0.5) is 5.82 Å². The maximum absolute atomic E-state index is 6.00. The van der Waals surface area contributed by atoms with Crippen LogP contribution in [-0.2, 0) is 6.61 Å². The number of rotatable bonds is 5. The molecule has 1 aromatic heterocycles. The second-order valence-corrected chi connectivity index (χ2v) is 4.82. The first-order valence-corrected chi connectivity index (χ1v) is 6.93. The highest BCUT2D eigenvalue weighted by molar-refractivity contribution is 5.72. The van der Waals surface area contributed by atoms with Gasteiger partial charge in [0.15, 0.2) is 11.5 Å². The van der Waals surface area contributed by atoms with Gasteiger partial charge in [-0.25, -0.2) is 0 Å². The van der Waals surface area contributed by atoms with Crippen LogP contribution in [0.25, 0.3) is 11.3 Å². The lowest BCUT2D eigenvalue weighted by atomic mass is 10.1. The van der Waals surface area contributed by atoms with Gasteiger partial charge in [-0.05, 0) is 17.7 Å². The van der Waals surface area contributed by atoms with Crippen molar-refractivity contribution in [3.05, 3.63) is 60.2 Å². The summed E-state index contributed by atoms with van der Waals surface area (Å²) in [6, 6.07) is 17.5. The van der Waals surface area contributed by atoms with E-state index in [1.165, 1.54) is 0 Å². The Morgan fingerprint density at radius 2 is 1.91 bits per heavy atom. The summed E-state index contributed by atoms with van der Waals surface area (Å²) in [7, 11) is 1.62. The Bertz CT molecular complexity index is 754. The molecule has 112 valence electrons. The number of nitrogens with two attached hydrogens (primary N) is 1. The molecular weight excluding hydrogens is 278 g/mol. The van der Waals surface area contributed by atoms with E-state index in [9.17, 15) is 0 Å². The van der Waals surface area contributed by atoms with Crippen LogP contribution in [0.15, 0.2) is 54.6 Å². The maximum Gasteiger partial charge on any atom is 0.171 e. The number of aromatic nitrogens is 2. The van der Waals surface area contributed by atoms with Gasteiger partial charge in [0.25, 0.3) is 0 Å². The second-order valence-electron chi connectivity index (χ2n) is 4.82. The second kappa shape index (κ2) is 6.22. The Kier molecular flexibility index (Phi) is 3.96. The minimum Gasteiger partial charge on any atom is -0.493 e. The number of nitrogens with zero attached hydrogens (tertiary/aromatic N) is 1. The standard InChI is InChI=1S/C17H17N3O2/c1-21-15-9-5-8-13(14-10-16(18)20-19-14)17(15)22-11-12-6-3-2-4-7-12/h2-10H,11H2,1H3,(H3,18,19,20). The molecule has 0 fully saturated rings. The first-order valence-electron chi connectivity index (χ1n) is 6.93. The molecule has 0 atom stereocenters. The maximum atomic E-state index is 6.00. The Hall–Kier alpha value is -2.95. The number of ether oxygens (including phenoxy) is 2. The molecule has 3 N–H and O–H groups in total. The first kappa shape index (κ1) is 14.0. The molecule has 0 radical (unpaired) electrons. The van der Waals surface area contributed by atoms with E-state index >= 15 is 0 Å². The van der Waals surface area contributed by atoms with Crippen LogP contribution in [0.5, 0.6) is 11.5 Å². The third kappa shape index (κ3) is 2.88. The van der Waals surface area contributed by atoms with Crippen LogP contribution in [0.3, 0.4) is 0 Å². The molecule has 0 saturated heterocycles. The van der Waals surface area contributed by atoms with Crippen molar-refractivity contribution in [2.75, 3.05) is 12.8 Å². The Morgan fingerprint density at radius 3 is 2.59 bits per heavy atom. The van der Waals surface area contributed by atoms with E-state index in [-0.39, 0.29) is 0 Å². The minimum absolute atomic E-state index is 0.437. The predicted molar refractivity (Wildman–Crippen MR) is 85.8 cm³/mol. The van der Waals surface area contributed by atoms with Crippen LogP contribution >= 0.6 is 0 Å². The first-order chi connectivity index (χ1) is 10.8. The van der Waals surface area contributed by atoms with Gasteiger partial charge in [0.05, 0.1) is 12.8 Å². The van der Waals surface area contributed by atoms with E-state index in [2.05, 4.69) is 10.2 Å². The molecule has 0 aliphatic rings. The fourth-order valence-electron chi connectivity index (χ4n) is 2.24. The molecule has 0 aliphatic carbocycles. The lowest BCUT2D eigenvalue weighted by Gasteiger charge is -2.14. The number of H-pyrrole nitrogens is 1. The van der Waals surface area contributed by atoms with Gasteiger partial charge in [0, 0.05) is 11.6 Å². The molecule has 3 rings (SSSR count). The van der Waals surface area contributed by atoms with Crippen molar-refractivity contribution in [2.45, 2.75) is 6.61 Å². The topological polar surface area (TPSA) is 73.2 Å². The van der Waals surface area contributed by atoms with Crippen molar-refractivity contribution >= 4 is 5.82 Å². The molecule has 0 amide bonds. The van der Waals surface area contributed by atoms with Crippen LogP contribution < -0.4 is 15.2 Å².